The standard InChI is InChI=1S/C12H22ClNO/c1-3-10(2)12(15)14-9-5-7-11(14)6-4-8-13/h10-11H,3-9H2,1-2H3. The van der Waals surface area contributed by atoms with Crippen molar-refractivity contribution in [1.82, 2.24) is 4.90 Å². The highest BCUT2D eigenvalue weighted by atomic mass is 35.5. The zero-order chi connectivity index (χ0) is 11.3. The third-order valence-electron chi connectivity index (χ3n) is 3.37. The van der Waals surface area contributed by atoms with E-state index in [0.29, 0.717) is 17.8 Å². The van der Waals surface area contributed by atoms with Crippen LogP contribution >= 0.6 is 11.6 Å². The average molecular weight is 232 g/mol. The van der Waals surface area contributed by atoms with E-state index in [0.717, 1.165) is 32.2 Å². The van der Waals surface area contributed by atoms with Crippen LogP contribution in [0.25, 0.3) is 0 Å². The molecule has 0 aromatic heterocycles. The molecule has 0 radical (unpaired) electrons. The van der Waals surface area contributed by atoms with Gasteiger partial charge < -0.3 is 4.90 Å². The Labute approximate surface area is 98.0 Å². The predicted octanol–water partition coefficient (Wildman–Crippen LogP) is 3.04. The maximum absolute atomic E-state index is 12.0. The molecule has 0 aromatic carbocycles. The maximum atomic E-state index is 12.0. The SMILES string of the molecule is CCC(C)C(=O)N1CCCC1CCCCl. The van der Waals surface area contributed by atoms with E-state index in [1.807, 2.05) is 6.92 Å². The van der Waals surface area contributed by atoms with E-state index in [9.17, 15) is 4.79 Å². The first-order valence-corrected chi connectivity index (χ1v) is 6.60. The van der Waals surface area contributed by atoms with Crippen molar-refractivity contribution in [1.29, 1.82) is 0 Å². The molecule has 0 aliphatic carbocycles. The summed E-state index contributed by atoms with van der Waals surface area (Å²) in [4.78, 5) is 14.1. The molecule has 15 heavy (non-hydrogen) atoms. The molecule has 0 saturated carbocycles. The zero-order valence-electron chi connectivity index (χ0n) is 9.84. The van der Waals surface area contributed by atoms with Crippen molar-refractivity contribution in [3.8, 4) is 0 Å². The Hall–Kier alpha value is -0.240. The number of carbonyl (C=O) groups excluding carboxylic acids is 1. The molecule has 2 nitrogen and oxygen atoms in total. The van der Waals surface area contributed by atoms with E-state index in [-0.39, 0.29) is 5.92 Å². The van der Waals surface area contributed by atoms with Gasteiger partial charge in [0.2, 0.25) is 5.91 Å². The summed E-state index contributed by atoms with van der Waals surface area (Å²) in [5, 5.41) is 0. The lowest BCUT2D eigenvalue weighted by molar-refractivity contribution is -0.136. The molecule has 0 aromatic rings. The van der Waals surface area contributed by atoms with Crippen molar-refractivity contribution in [2.24, 2.45) is 5.92 Å². The summed E-state index contributed by atoms with van der Waals surface area (Å²) in [7, 11) is 0. The molecule has 1 heterocycles. The molecule has 1 rings (SSSR count). The molecular formula is C12H22ClNO. The van der Waals surface area contributed by atoms with Crippen LogP contribution in [0.15, 0.2) is 0 Å². The molecule has 1 fully saturated rings. The largest absolute Gasteiger partial charge is 0.339 e. The third-order valence-corrected chi connectivity index (χ3v) is 3.63. The second-order valence-corrected chi connectivity index (χ2v) is 4.85. The Morgan fingerprint density at radius 2 is 2.33 bits per heavy atom. The van der Waals surface area contributed by atoms with E-state index in [1.54, 1.807) is 0 Å². The van der Waals surface area contributed by atoms with Gasteiger partial charge in [-0.25, -0.2) is 0 Å². The van der Waals surface area contributed by atoms with Gasteiger partial charge >= 0.3 is 0 Å². The molecule has 2 atom stereocenters. The first-order chi connectivity index (χ1) is 7.20. The highest BCUT2D eigenvalue weighted by Crippen LogP contribution is 2.24. The van der Waals surface area contributed by atoms with Gasteiger partial charge in [0.05, 0.1) is 0 Å². The van der Waals surface area contributed by atoms with E-state index in [2.05, 4.69) is 11.8 Å². The number of amides is 1. The fourth-order valence-corrected chi connectivity index (χ4v) is 2.35. The zero-order valence-corrected chi connectivity index (χ0v) is 10.6. The first-order valence-electron chi connectivity index (χ1n) is 6.07. The van der Waals surface area contributed by atoms with Gasteiger partial charge in [0.25, 0.3) is 0 Å². The minimum Gasteiger partial charge on any atom is -0.339 e. The lowest BCUT2D eigenvalue weighted by Crippen LogP contribution is -2.38. The van der Waals surface area contributed by atoms with Crippen LogP contribution in [0.3, 0.4) is 0 Å². The Morgan fingerprint density at radius 3 is 2.93 bits per heavy atom. The van der Waals surface area contributed by atoms with Gasteiger partial charge in [0.15, 0.2) is 0 Å². The van der Waals surface area contributed by atoms with Crippen molar-refractivity contribution in [2.75, 3.05) is 12.4 Å². The van der Waals surface area contributed by atoms with E-state index >= 15 is 0 Å². The normalized spacial score (nSPS) is 23.1. The molecule has 2 unspecified atom stereocenters. The number of hydrogen-bond acceptors (Lipinski definition) is 1. The van der Waals surface area contributed by atoms with Crippen LogP contribution in [-0.2, 0) is 4.79 Å². The van der Waals surface area contributed by atoms with Crippen LogP contribution < -0.4 is 0 Å². The Balaban J connectivity index is 2.48. The van der Waals surface area contributed by atoms with Crippen molar-refractivity contribution < 1.29 is 4.79 Å². The summed E-state index contributed by atoms with van der Waals surface area (Å²) in [5.74, 6) is 1.23. The van der Waals surface area contributed by atoms with Crippen LogP contribution in [0.4, 0.5) is 0 Å². The highest BCUT2D eigenvalue weighted by molar-refractivity contribution is 6.17. The average Bonchev–Trinajstić information content (AvgIpc) is 2.72. The fourth-order valence-electron chi connectivity index (χ4n) is 2.20. The van der Waals surface area contributed by atoms with Crippen LogP contribution in [0.1, 0.15) is 46.0 Å². The van der Waals surface area contributed by atoms with E-state index in [4.69, 9.17) is 11.6 Å². The Kier molecular flexibility index (Phi) is 5.44. The van der Waals surface area contributed by atoms with E-state index in [1.165, 1.54) is 6.42 Å². The molecule has 1 aliphatic heterocycles. The fraction of sp³-hybridized carbons (Fsp3) is 0.917. The van der Waals surface area contributed by atoms with Gasteiger partial charge in [-0.3, -0.25) is 4.79 Å². The van der Waals surface area contributed by atoms with Crippen molar-refractivity contribution in [2.45, 2.75) is 52.0 Å². The van der Waals surface area contributed by atoms with Crippen molar-refractivity contribution in [3.05, 3.63) is 0 Å². The van der Waals surface area contributed by atoms with Crippen molar-refractivity contribution >= 4 is 17.5 Å². The molecule has 88 valence electrons. The number of nitrogens with zero attached hydrogens (tertiary/aromatic N) is 1. The predicted molar refractivity (Wildman–Crippen MR) is 64.1 cm³/mol. The summed E-state index contributed by atoms with van der Waals surface area (Å²) in [5.41, 5.74) is 0. The van der Waals surface area contributed by atoms with Crippen molar-refractivity contribution in [3.63, 3.8) is 0 Å². The van der Waals surface area contributed by atoms with Crippen LogP contribution in [0.5, 0.6) is 0 Å². The first kappa shape index (κ1) is 12.8. The molecular weight excluding hydrogens is 210 g/mol. The van der Waals surface area contributed by atoms with Gasteiger partial charge in [-0.15, -0.1) is 11.6 Å². The Morgan fingerprint density at radius 1 is 1.60 bits per heavy atom. The molecule has 3 heteroatoms. The molecule has 1 amide bonds. The number of rotatable bonds is 5. The summed E-state index contributed by atoms with van der Waals surface area (Å²) in [6, 6.07) is 0.463. The van der Waals surface area contributed by atoms with Crippen LogP contribution in [0, 0.1) is 5.92 Å². The lowest BCUT2D eigenvalue weighted by Gasteiger charge is -2.27. The van der Waals surface area contributed by atoms with Gasteiger partial charge in [0.1, 0.15) is 0 Å². The second kappa shape index (κ2) is 6.37. The monoisotopic (exact) mass is 231 g/mol. The van der Waals surface area contributed by atoms with Gasteiger partial charge in [-0.05, 0) is 32.1 Å². The van der Waals surface area contributed by atoms with Gasteiger partial charge in [-0.2, -0.15) is 0 Å². The molecule has 0 bridgehead atoms. The van der Waals surface area contributed by atoms with E-state index < -0.39 is 0 Å². The Bertz CT molecular complexity index is 208. The summed E-state index contributed by atoms with van der Waals surface area (Å²) in [6.45, 7) is 5.06. The summed E-state index contributed by atoms with van der Waals surface area (Å²) < 4.78 is 0. The van der Waals surface area contributed by atoms with Crippen LogP contribution in [-0.4, -0.2) is 29.3 Å². The quantitative estimate of drug-likeness (QED) is 0.666. The second-order valence-electron chi connectivity index (χ2n) is 4.47. The molecule has 0 N–H and O–H groups in total. The minimum atomic E-state index is 0.182. The molecule has 0 spiro atoms. The molecule has 1 aliphatic rings. The number of halogens is 1. The smallest absolute Gasteiger partial charge is 0.225 e. The minimum absolute atomic E-state index is 0.182. The summed E-state index contributed by atoms with van der Waals surface area (Å²) in [6.07, 6.45) is 5.37. The lowest BCUT2D eigenvalue weighted by atomic mass is 10.1. The van der Waals surface area contributed by atoms with Crippen LogP contribution in [0.2, 0.25) is 0 Å². The number of carbonyl (C=O) groups is 1. The number of hydrogen-bond donors (Lipinski definition) is 0. The maximum Gasteiger partial charge on any atom is 0.225 e. The third kappa shape index (κ3) is 3.37. The topological polar surface area (TPSA) is 20.3 Å². The summed E-state index contributed by atoms with van der Waals surface area (Å²) >= 11 is 5.69. The number of alkyl halides is 1. The number of likely N-dealkylation sites (tertiary alicyclic amines) is 1. The van der Waals surface area contributed by atoms with Gasteiger partial charge in [0, 0.05) is 24.4 Å². The molecule has 1 saturated heterocycles. The van der Waals surface area contributed by atoms with Gasteiger partial charge in [-0.1, -0.05) is 13.8 Å². The highest BCUT2D eigenvalue weighted by Gasteiger charge is 2.29.